The van der Waals surface area contributed by atoms with Crippen LogP contribution in [0.25, 0.3) is 15.5 Å². The summed E-state index contributed by atoms with van der Waals surface area (Å²) in [4.78, 5) is 17.5. The number of fused-ring (bicyclic) bond motifs is 1. The standard InChI is InChI=1S/C20H16ClN3O2S/c1-12-4-3-5-14(8-12)19-23-24-18(25)10-16(22-20(24)27-19)11-26-17-7-6-15(21)9-13(17)2/h3-10H,11H2,1-2H3. The zero-order valence-electron chi connectivity index (χ0n) is 14.8. The predicted octanol–water partition coefficient (Wildman–Crippen LogP) is 4.67. The van der Waals surface area contributed by atoms with E-state index in [2.05, 4.69) is 10.1 Å². The smallest absolute Gasteiger partial charge is 0.275 e. The van der Waals surface area contributed by atoms with Crippen LogP contribution in [0.1, 0.15) is 16.8 Å². The van der Waals surface area contributed by atoms with Crippen LogP contribution >= 0.6 is 22.9 Å². The van der Waals surface area contributed by atoms with E-state index in [9.17, 15) is 4.79 Å². The molecular formula is C20H16ClN3O2S. The number of aryl methyl sites for hydroxylation is 2. The molecule has 0 aliphatic carbocycles. The predicted molar refractivity (Wildman–Crippen MR) is 108 cm³/mol. The molecule has 0 radical (unpaired) electrons. The van der Waals surface area contributed by atoms with Crippen molar-refractivity contribution < 1.29 is 4.74 Å². The van der Waals surface area contributed by atoms with E-state index in [0.717, 1.165) is 21.7 Å². The minimum absolute atomic E-state index is 0.200. The van der Waals surface area contributed by atoms with E-state index >= 15 is 0 Å². The number of rotatable bonds is 4. The first-order valence-electron chi connectivity index (χ1n) is 8.35. The maximum atomic E-state index is 12.4. The first-order chi connectivity index (χ1) is 13.0. The van der Waals surface area contributed by atoms with Gasteiger partial charge in [0.2, 0.25) is 4.96 Å². The van der Waals surface area contributed by atoms with E-state index in [4.69, 9.17) is 16.3 Å². The van der Waals surface area contributed by atoms with Crippen LogP contribution in [-0.4, -0.2) is 14.6 Å². The Balaban J connectivity index is 1.64. The SMILES string of the molecule is Cc1cccc(-c2nn3c(=O)cc(COc4ccc(Cl)cc4C)nc3s2)c1. The molecule has 7 heteroatoms. The average molecular weight is 398 g/mol. The summed E-state index contributed by atoms with van der Waals surface area (Å²) in [6, 6.07) is 14.9. The minimum Gasteiger partial charge on any atom is -0.487 e. The van der Waals surface area contributed by atoms with E-state index in [1.807, 2.05) is 50.2 Å². The van der Waals surface area contributed by atoms with Crippen molar-refractivity contribution in [2.24, 2.45) is 0 Å². The molecule has 0 atom stereocenters. The number of aromatic nitrogens is 3. The quantitative estimate of drug-likeness (QED) is 0.502. The van der Waals surface area contributed by atoms with Gasteiger partial charge in [0.25, 0.3) is 5.56 Å². The zero-order valence-corrected chi connectivity index (χ0v) is 16.3. The summed E-state index contributed by atoms with van der Waals surface area (Å²) < 4.78 is 7.14. The fraction of sp³-hybridized carbons (Fsp3) is 0.150. The Labute approximate surface area is 164 Å². The number of ether oxygens (including phenoxy) is 1. The Morgan fingerprint density at radius 2 is 2.00 bits per heavy atom. The molecule has 4 rings (SSSR count). The van der Waals surface area contributed by atoms with Crippen molar-refractivity contribution in [1.29, 1.82) is 0 Å². The molecule has 0 N–H and O–H groups in total. The average Bonchev–Trinajstić information content (AvgIpc) is 3.06. The van der Waals surface area contributed by atoms with Gasteiger partial charge in [-0.15, -0.1) is 0 Å². The summed E-state index contributed by atoms with van der Waals surface area (Å²) in [5, 5.41) is 5.83. The molecule has 2 aromatic heterocycles. The van der Waals surface area contributed by atoms with Crippen LogP contribution in [0.2, 0.25) is 5.02 Å². The Morgan fingerprint density at radius 3 is 2.78 bits per heavy atom. The Morgan fingerprint density at radius 1 is 1.15 bits per heavy atom. The lowest BCUT2D eigenvalue weighted by Crippen LogP contribution is -2.16. The highest BCUT2D eigenvalue weighted by Gasteiger charge is 2.11. The number of hydrogen-bond donors (Lipinski definition) is 0. The Kier molecular flexibility index (Phi) is 4.68. The molecule has 0 amide bonds. The highest BCUT2D eigenvalue weighted by molar-refractivity contribution is 7.19. The molecule has 0 aliphatic rings. The molecule has 2 aromatic carbocycles. The van der Waals surface area contributed by atoms with Gasteiger partial charge in [0, 0.05) is 16.7 Å². The first-order valence-corrected chi connectivity index (χ1v) is 9.55. The van der Waals surface area contributed by atoms with Gasteiger partial charge in [-0.2, -0.15) is 9.61 Å². The largest absolute Gasteiger partial charge is 0.487 e. The maximum absolute atomic E-state index is 12.4. The van der Waals surface area contributed by atoms with Crippen molar-refractivity contribution in [3.63, 3.8) is 0 Å². The van der Waals surface area contributed by atoms with Crippen LogP contribution in [0.15, 0.2) is 53.3 Å². The van der Waals surface area contributed by atoms with E-state index in [-0.39, 0.29) is 12.2 Å². The molecule has 0 fully saturated rings. The molecule has 5 nitrogen and oxygen atoms in total. The Bertz CT molecular complexity index is 1200. The van der Waals surface area contributed by atoms with Gasteiger partial charge in [0.1, 0.15) is 17.4 Å². The van der Waals surface area contributed by atoms with Crippen LogP contribution in [0.3, 0.4) is 0 Å². The van der Waals surface area contributed by atoms with Gasteiger partial charge >= 0.3 is 0 Å². The van der Waals surface area contributed by atoms with Crippen molar-refractivity contribution in [2.75, 3.05) is 0 Å². The number of nitrogens with zero attached hydrogens (tertiary/aromatic N) is 3. The summed E-state index contributed by atoms with van der Waals surface area (Å²) in [6.45, 7) is 4.14. The molecular weight excluding hydrogens is 382 g/mol. The molecule has 0 unspecified atom stereocenters. The Hall–Kier alpha value is -2.70. The molecule has 2 heterocycles. The lowest BCUT2D eigenvalue weighted by molar-refractivity contribution is 0.299. The topological polar surface area (TPSA) is 56.5 Å². The molecule has 0 saturated carbocycles. The van der Waals surface area contributed by atoms with Gasteiger partial charge in [-0.05, 0) is 43.7 Å². The zero-order chi connectivity index (χ0) is 19.0. The fourth-order valence-electron chi connectivity index (χ4n) is 2.75. The van der Waals surface area contributed by atoms with Crippen LogP contribution in [-0.2, 0) is 6.61 Å². The lowest BCUT2D eigenvalue weighted by atomic mass is 10.1. The molecule has 0 bridgehead atoms. The van der Waals surface area contributed by atoms with Crippen molar-refractivity contribution in [1.82, 2.24) is 14.6 Å². The summed E-state index contributed by atoms with van der Waals surface area (Å²) in [7, 11) is 0. The second kappa shape index (κ2) is 7.13. The van der Waals surface area contributed by atoms with Crippen molar-refractivity contribution in [3.05, 3.63) is 80.7 Å². The monoisotopic (exact) mass is 397 g/mol. The summed E-state index contributed by atoms with van der Waals surface area (Å²) in [6.07, 6.45) is 0. The van der Waals surface area contributed by atoms with Gasteiger partial charge in [0.15, 0.2) is 0 Å². The normalized spacial score (nSPS) is 11.1. The van der Waals surface area contributed by atoms with Crippen LogP contribution in [0, 0.1) is 13.8 Å². The summed E-state index contributed by atoms with van der Waals surface area (Å²) in [5.74, 6) is 0.714. The summed E-state index contributed by atoms with van der Waals surface area (Å²) in [5.41, 5.74) is 3.38. The number of halogens is 1. The van der Waals surface area contributed by atoms with Gasteiger partial charge in [-0.1, -0.05) is 46.7 Å². The van der Waals surface area contributed by atoms with E-state index in [1.54, 1.807) is 6.07 Å². The van der Waals surface area contributed by atoms with Crippen molar-refractivity contribution in [2.45, 2.75) is 20.5 Å². The first kappa shape index (κ1) is 17.7. The fourth-order valence-corrected chi connectivity index (χ4v) is 3.90. The van der Waals surface area contributed by atoms with E-state index < -0.39 is 0 Å². The van der Waals surface area contributed by atoms with Gasteiger partial charge in [0.05, 0.1) is 5.69 Å². The molecule has 0 spiro atoms. The molecule has 0 saturated heterocycles. The number of benzene rings is 2. The van der Waals surface area contributed by atoms with Gasteiger partial charge < -0.3 is 4.74 Å². The lowest BCUT2D eigenvalue weighted by Gasteiger charge is -2.08. The molecule has 4 aromatic rings. The highest BCUT2D eigenvalue weighted by Crippen LogP contribution is 2.25. The third-order valence-corrected chi connectivity index (χ3v) is 5.27. The molecule has 136 valence electrons. The van der Waals surface area contributed by atoms with Crippen molar-refractivity contribution in [3.8, 4) is 16.3 Å². The second-order valence-electron chi connectivity index (χ2n) is 6.26. The van der Waals surface area contributed by atoms with Crippen LogP contribution in [0.4, 0.5) is 0 Å². The van der Waals surface area contributed by atoms with Gasteiger partial charge in [-0.3, -0.25) is 4.79 Å². The molecule has 27 heavy (non-hydrogen) atoms. The molecule has 0 aliphatic heterocycles. The van der Waals surface area contributed by atoms with E-state index in [0.29, 0.717) is 21.4 Å². The second-order valence-corrected chi connectivity index (χ2v) is 7.65. The van der Waals surface area contributed by atoms with Crippen LogP contribution in [0.5, 0.6) is 5.75 Å². The van der Waals surface area contributed by atoms with Gasteiger partial charge in [-0.25, -0.2) is 4.98 Å². The van der Waals surface area contributed by atoms with E-state index in [1.165, 1.54) is 21.9 Å². The van der Waals surface area contributed by atoms with Crippen LogP contribution < -0.4 is 10.3 Å². The highest BCUT2D eigenvalue weighted by atomic mass is 35.5. The summed E-state index contributed by atoms with van der Waals surface area (Å²) >= 11 is 7.35. The third-order valence-electron chi connectivity index (χ3n) is 4.08. The number of hydrogen-bond acceptors (Lipinski definition) is 5. The van der Waals surface area contributed by atoms with Crippen molar-refractivity contribution >= 4 is 27.9 Å². The third kappa shape index (κ3) is 3.72. The maximum Gasteiger partial charge on any atom is 0.275 e. The minimum atomic E-state index is -0.221.